The van der Waals surface area contributed by atoms with E-state index < -0.39 is 55.6 Å². The van der Waals surface area contributed by atoms with Crippen molar-refractivity contribution in [3.63, 3.8) is 0 Å². The summed E-state index contributed by atoms with van der Waals surface area (Å²) in [4.78, 5) is 1.22. The number of alkyl halides is 8. The molecular weight excluding hydrogens is 557 g/mol. The summed E-state index contributed by atoms with van der Waals surface area (Å²) in [6, 6.07) is 10.5. The average Bonchev–Trinajstić information content (AvgIpc) is 2.81. The molecule has 13 heteroatoms. The highest BCUT2D eigenvalue weighted by molar-refractivity contribution is 6.42. The molecule has 0 heterocycles. The van der Waals surface area contributed by atoms with E-state index in [9.17, 15) is 40.2 Å². The minimum Gasteiger partial charge on any atom is -0.456 e. The third-order valence-electron chi connectivity index (χ3n) is 6.31. The number of aliphatic hydroxyl groups is 1. The maximum Gasteiger partial charge on any atom is 0.453 e. The van der Waals surface area contributed by atoms with Crippen molar-refractivity contribution in [1.82, 2.24) is 0 Å². The second kappa shape index (κ2) is 11.4. The van der Waals surface area contributed by atoms with E-state index in [1.165, 1.54) is 41.3 Å². The lowest BCUT2D eigenvalue weighted by Gasteiger charge is -2.37. The third kappa shape index (κ3) is 7.32. The summed E-state index contributed by atoms with van der Waals surface area (Å²) in [5.41, 5.74) is 0.224. The van der Waals surface area contributed by atoms with E-state index in [0.717, 1.165) is 0 Å². The van der Waals surface area contributed by atoms with Crippen LogP contribution in [-0.4, -0.2) is 42.6 Å². The molecule has 0 aliphatic heterocycles. The van der Waals surface area contributed by atoms with E-state index >= 15 is 0 Å². The van der Waals surface area contributed by atoms with Gasteiger partial charge in [0.1, 0.15) is 16.5 Å². The van der Waals surface area contributed by atoms with Crippen LogP contribution in [0.5, 0.6) is 11.5 Å². The molecule has 0 amide bonds. The summed E-state index contributed by atoms with van der Waals surface area (Å²) in [5, 5.41) is 10.0. The maximum atomic E-state index is 13.7. The van der Waals surface area contributed by atoms with Gasteiger partial charge in [-0.25, -0.2) is 0 Å². The van der Waals surface area contributed by atoms with Gasteiger partial charge in [0.2, 0.25) is 0 Å². The molecule has 0 saturated heterocycles. The fraction of sp³-hybridized carbons (Fsp3) is 0.500. The summed E-state index contributed by atoms with van der Waals surface area (Å²) < 4.78 is 111. The van der Waals surface area contributed by atoms with Crippen LogP contribution in [0.15, 0.2) is 42.5 Å². The van der Waals surface area contributed by atoms with Gasteiger partial charge in [-0.15, -0.1) is 0 Å². The number of hydrogen-bond acceptors (Lipinski definition) is 3. The molecule has 3 rings (SSSR count). The van der Waals surface area contributed by atoms with Crippen LogP contribution in [0.3, 0.4) is 0 Å². The number of halogens is 10. The number of nitrogens with zero attached hydrogens (tertiary/aromatic N) is 1. The van der Waals surface area contributed by atoms with Gasteiger partial charge >= 0.3 is 18.3 Å². The molecule has 206 valence electrons. The van der Waals surface area contributed by atoms with Gasteiger partial charge in [-0.05, 0) is 55.9 Å². The maximum absolute atomic E-state index is 13.7. The molecule has 0 radical (unpaired) electrons. The molecule has 0 spiro atoms. The van der Waals surface area contributed by atoms with Gasteiger partial charge in [-0.3, -0.25) is 0 Å². The van der Waals surface area contributed by atoms with Crippen LogP contribution in [-0.2, 0) is 0 Å². The molecule has 2 aromatic rings. The molecule has 1 fully saturated rings. The fourth-order valence-electron chi connectivity index (χ4n) is 4.28. The first kappa shape index (κ1) is 29.6. The summed E-state index contributed by atoms with van der Waals surface area (Å²) in [6.07, 6.45) is -14.2. The van der Waals surface area contributed by atoms with Crippen LogP contribution in [0.2, 0.25) is 10.0 Å². The Bertz CT molecular complexity index is 1060. The Morgan fingerprint density at radius 1 is 0.919 bits per heavy atom. The lowest BCUT2D eigenvalue weighted by molar-refractivity contribution is -0.306. The Morgan fingerprint density at radius 3 is 2.14 bits per heavy atom. The summed E-state index contributed by atoms with van der Waals surface area (Å²) in [5.74, 6) is -6.80. The number of anilines is 1. The van der Waals surface area contributed by atoms with Gasteiger partial charge in [0.15, 0.2) is 6.10 Å². The van der Waals surface area contributed by atoms with Crippen molar-refractivity contribution < 1.29 is 45.0 Å². The van der Waals surface area contributed by atoms with Gasteiger partial charge in [0, 0.05) is 24.2 Å². The SMILES string of the molecule is OC(CN(CC1CCC(C(F)(F)C(F)(F)F)CC1)c1cccc(Oc2cccc(Cl)c2Cl)c1)C(F)(F)F. The topological polar surface area (TPSA) is 32.7 Å². The second-order valence-electron chi connectivity index (χ2n) is 8.95. The molecule has 1 aliphatic rings. The molecule has 0 bridgehead atoms. The Kier molecular flexibility index (Phi) is 9.12. The second-order valence-corrected chi connectivity index (χ2v) is 9.74. The molecule has 37 heavy (non-hydrogen) atoms. The lowest BCUT2D eigenvalue weighted by Crippen LogP contribution is -2.46. The first-order valence-corrected chi connectivity index (χ1v) is 12.0. The zero-order chi connectivity index (χ0) is 27.6. The Balaban J connectivity index is 1.78. The van der Waals surface area contributed by atoms with E-state index in [0.29, 0.717) is 0 Å². The number of rotatable bonds is 8. The van der Waals surface area contributed by atoms with Gasteiger partial charge in [0.05, 0.1) is 11.6 Å². The van der Waals surface area contributed by atoms with E-state index in [2.05, 4.69) is 0 Å². The molecule has 1 atom stereocenters. The first-order valence-electron chi connectivity index (χ1n) is 11.3. The molecule has 0 aromatic heterocycles. The number of hydrogen-bond donors (Lipinski definition) is 1. The summed E-state index contributed by atoms with van der Waals surface area (Å²) in [6.45, 7) is -0.970. The number of benzene rings is 2. The summed E-state index contributed by atoms with van der Waals surface area (Å²) >= 11 is 12.1. The zero-order valence-corrected chi connectivity index (χ0v) is 20.6. The van der Waals surface area contributed by atoms with Crippen molar-refractivity contribution in [2.24, 2.45) is 11.8 Å². The highest BCUT2D eigenvalue weighted by Crippen LogP contribution is 2.48. The summed E-state index contributed by atoms with van der Waals surface area (Å²) in [7, 11) is 0. The predicted molar refractivity (Wildman–Crippen MR) is 124 cm³/mol. The standard InChI is InChI=1S/C24H23Cl2F8NO2/c25-18-5-2-6-19(21(18)26)37-17-4-1-3-16(11-17)35(13-20(36)23(29,30)31)12-14-7-9-15(10-8-14)22(27,28)24(32,33)34/h1-6,11,14-15,20,36H,7-10,12-13H2. The molecule has 2 aromatic carbocycles. The van der Waals surface area contributed by atoms with Crippen LogP contribution in [0.1, 0.15) is 25.7 Å². The smallest absolute Gasteiger partial charge is 0.453 e. The Hall–Kier alpha value is -1.98. The zero-order valence-electron chi connectivity index (χ0n) is 19.1. The monoisotopic (exact) mass is 579 g/mol. The quantitative estimate of drug-likeness (QED) is 0.318. The highest BCUT2D eigenvalue weighted by atomic mass is 35.5. The lowest BCUT2D eigenvalue weighted by atomic mass is 9.78. The van der Waals surface area contributed by atoms with Crippen LogP contribution < -0.4 is 9.64 Å². The number of aliphatic hydroxyl groups excluding tert-OH is 1. The Morgan fingerprint density at radius 2 is 1.54 bits per heavy atom. The fourth-order valence-corrected chi connectivity index (χ4v) is 4.61. The van der Waals surface area contributed by atoms with Crippen LogP contribution in [0.25, 0.3) is 0 Å². The van der Waals surface area contributed by atoms with E-state index in [1.807, 2.05) is 0 Å². The minimum atomic E-state index is -5.67. The van der Waals surface area contributed by atoms with Crippen molar-refractivity contribution in [3.8, 4) is 11.5 Å². The highest BCUT2D eigenvalue weighted by Gasteiger charge is 2.62. The molecule has 1 saturated carbocycles. The molecule has 1 unspecified atom stereocenters. The third-order valence-corrected chi connectivity index (χ3v) is 7.12. The van der Waals surface area contributed by atoms with E-state index in [4.69, 9.17) is 27.9 Å². The molecule has 1 aliphatic carbocycles. The molecular formula is C24H23Cl2F8NO2. The van der Waals surface area contributed by atoms with E-state index in [-0.39, 0.29) is 46.6 Å². The van der Waals surface area contributed by atoms with Gasteiger partial charge < -0.3 is 14.7 Å². The van der Waals surface area contributed by atoms with Crippen molar-refractivity contribution in [1.29, 1.82) is 0 Å². The average molecular weight is 580 g/mol. The van der Waals surface area contributed by atoms with Crippen LogP contribution in [0, 0.1) is 11.8 Å². The predicted octanol–water partition coefficient (Wildman–Crippen LogP) is 8.52. The normalized spacial score (nSPS) is 20.0. The van der Waals surface area contributed by atoms with Gasteiger partial charge in [-0.2, -0.15) is 35.1 Å². The van der Waals surface area contributed by atoms with Crippen LogP contribution >= 0.6 is 23.2 Å². The van der Waals surface area contributed by atoms with E-state index in [1.54, 1.807) is 6.07 Å². The van der Waals surface area contributed by atoms with Crippen molar-refractivity contribution in [2.75, 3.05) is 18.0 Å². The van der Waals surface area contributed by atoms with Gasteiger partial charge in [0.25, 0.3) is 0 Å². The van der Waals surface area contributed by atoms with Crippen molar-refractivity contribution >= 4 is 28.9 Å². The van der Waals surface area contributed by atoms with Gasteiger partial charge in [-0.1, -0.05) is 35.3 Å². The minimum absolute atomic E-state index is 0.0384. The molecule has 1 N–H and O–H groups in total. The van der Waals surface area contributed by atoms with Crippen molar-refractivity contribution in [2.45, 2.75) is 50.1 Å². The molecule has 3 nitrogen and oxygen atoms in total. The van der Waals surface area contributed by atoms with Crippen molar-refractivity contribution in [3.05, 3.63) is 52.5 Å². The largest absolute Gasteiger partial charge is 0.456 e. The van der Waals surface area contributed by atoms with Crippen LogP contribution in [0.4, 0.5) is 40.8 Å². The first-order chi connectivity index (χ1) is 17.1. The Labute approximate surface area is 217 Å². The number of ether oxygens (including phenoxy) is 1.